The van der Waals surface area contributed by atoms with Crippen molar-refractivity contribution in [1.82, 2.24) is 15.3 Å². The van der Waals surface area contributed by atoms with E-state index in [0.29, 0.717) is 23.8 Å². The van der Waals surface area contributed by atoms with Gasteiger partial charge in [-0.15, -0.1) is 0 Å². The van der Waals surface area contributed by atoms with Gasteiger partial charge in [0.2, 0.25) is 0 Å². The van der Waals surface area contributed by atoms with Crippen LogP contribution in [-0.4, -0.2) is 29.1 Å². The van der Waals surface area contributed by atoms with E-state index in [2.05, 4.69) is 15.3 Å². The second-order valence-corrected chi connectivity index (χ2v) is 6.26. The van der Waals surface area contributed by atoms with E-state index in [4.69, 9.17) is 16.3 Å². The van der Waals surface area contributed by atoms with E-state index in [0.717, 1.165) is 16.3 Å². The van der Waals surface area contributed by atoms with Crippen LogP contribution in [0.4, 0.5) is 0 Å². The van der Waals surface area contributed by atoms with E-state index in [1.165, 1.54) is 0 Å². The summed E-state index contributed by atoms with van der Waals surface area (Å²) in [5, 5.41) is 5.42. The summed E-state index contributed by atoms with van der Waals surface area (Å²) in [5.74, 6) is -0.183. The lowest BCUT2D eigenvalue weighted by molar-refractivity contribution is -0.0733. The predicted molar refractivity (Wildman–Crippen MR) is 91.0 cm³/mol. The maximum atomic E-state index is 12.9. The lowest BCUT2D eigenvalue weighted by Crippen LogP contribution is -2.59. The van der Waals surface area contributed by atoms with Crippen LogP contribution >= 0.6 is 11.6 Å². The Morgan fingerprint density at radius 2 is 1.83 bits per heavy atom. The number of amides is 1. The molecule has 0 atom stereocenters. The minimum Gasteiger partial charge on any atom is -0.376 e. The number of rotatable bonds is 3. The van der Waals surface area contributed by atoms with Crippen molar-refractivity contribution in [3.63, 3.8) is 0 Å². The summed E-state index contributed by atoms with van der Waals surface area (Å²) >= 11 is 5.96. The largest absolute Gasteiger partial charge is 0.376 e. The molecule has 1 saturated heterocycles. The number of pyridine rings is 2. The number of benzene rings is 1. The lowest BCUT2D eigenvalue weighted by atomic mass is 9.87. The van der Waals surface area contributed by atoms with Crippen LogP contribution in [0.3, 0.4) is 0 Å². The van der Waals surface area contributed by atoms with Gasteiger partial charge >= 0.3 is 0 Å². The highest BCUT2D eigenvalue weighted by atomic mass is 35.5. The SMILES string of the molecule is O=C(NC1(c2ccc(Cl)cc2)COC1)c1cncc2cnccc12. The van der Waals surface area contributed by atoms with Crippen molar-refractivity contribution in [2.45, 2.75) is 5.54 Å². The van der Waals surface area contributed by atoms with Gasteiger partial charge in [-0.25, -0.2) is 0 Å². The summed E-state index contributed by atoms with van der Waals surface area (Å²) in [7, 11) is 0. The van der Waals surface area contributed by atoms with Gasteiger partial charge in [0, 0.05) is 40.6 Å². The van der Waals surface area contributed by atoms with Crippen LogP contribution in [0, 0.1) is 0 Å². The van der Waals surface area contributed by atoms with Crippen molar-refractivity contribution in [2.24, 2.45) is 0 Å². The highest BCUT2D eigenvalue weighted by Crippen LogP contribution is 2.31. The number of ether oxygens (including phenoxy) is 1. The summed E-state index contributed by atoms with van der Waals surface area (Å²) in [6, 6.07) is 9.27. The van der Waals surface area contributed by atoms with Crippen LogP contribution in [0.15, 0.2) is 55.1 Å². The Kier molecular flexibility index (Phi) is 3.67. The number of hydrogen-bond donors (Lipinski definition) is 1. The molecule has 0 bridgehead atoms. The maximum absolute atomic E-state index is 12.9. The van der Waals surface area contributed by atoms with E-state index in [9.17, 15) is 4.79 Å². The number of nitrogens with one attached hydrogen (secondary N) is 1. The van der Waals surface area contributed by atoms with E-state index in [1.807, 2.05) is 30.3 Å². The molecular weight excluding hydrogens is 326 g/mol. The third-order valence-corrected chi connectivity index (χ3v) is 4.50. The van der Waals surface area contributed by atoms with Crippen molar-refractivity contribution in [1.29, 1.82) is 0 Å². The van der Waals surface area contributed by atoms with Gasteiger partial charge in [-0.3, -0.25) is 14.8 Å². The Labute approximate surface area is 143 Å². The van der Waals surface area contributed by atoms with Gasteiger partial charge in [0.25, 0.3) is 5.91 Å². The van der Waals surface area contributed by atoms with Gasteiger partial charge in [-0.05, 0) is 23.8 Å². The zero-order chi connectivity index (χ0) is 16.6. The van der Waals surface area contributed by atoms with Crippen LogP contribution in [0.5, 0.6) is 0 Å². The molecule has 24 heavy (non-hydrogen) atoms. The lowest BCUT2D eigenvalue weighted by Gasteiger charge is -2.42. The second kappa shape index (κ2) is 5.85. The standard InChI is InChI=1S/C18H14ClN3O2/c19-14-3-1-13(2-4-14)18(10-24-11-18)22-17(23)16-9-21-8-12-7-20-6-5-15(12)16/h1-9H,10-11H2,(H,22,23). The Morgan fingerprint density at radius 3 is 2.54 bits per heavy atom. The zero-order valence-electron chi connectivity index (χ0n) is 12.7. The smallest absolute Gasteiger partial charge is 0.254 e. The molecule has 1 aromatic carbocycles. The van der Waals surface area contributed by atoms with Gasteiger partial charge in [-0.1, -0.05) is 23.7 Å². The minimum atomic E-state index is -0.531. The fraction of sp³-hybridized carbons (Fsp3) is 0.167. The molecule has 4 rings (SSSR count). The van der Waals surface area contributed by atoms with Gasteiger partial charge in [-0.2, -0.15) is 0 Å². The molecule has 120 valence electrons. The number of carbonyl (C=O) groups excluding carboxylic acids is 1. The Hall–Kier alpha value is -2.50. The van der Waals surface area contributed by atoms with Crippen molar-refractivity contribution in [2.75, 3.05) is 13.2 Å². The first-order valence-electron chi connectivity index (χ1n) is 7.52. The summed E-state index contributed by atoms with van der Waals surface area (Å²) in [4.78, 5) is 21.1. The Balaban J connectivity index is 1.68. The highest BCUT2D eigenvalue weighted by molar-refractivity contribution is 6.30. The first-order chi connectivity index (χ1) is 11.7. The molecule has 1 aliphatic rings. The zero-order valence-corrected chi connectivity index (χ0v) is 13.5. The molecule has 0 unspecified atom stereocenters. The van der Waals surface area contributed by atoms with E-state index >= 15 is 0 Å². The number of nitrogens with zero attached hydrogens (tertiary/aromatic N) is 2. The van der Waals surface area contributed by atoms with Crippen molar-refractivity contribution >= 4 is 28.3 Å². The molecule has 1 fully saturated rings. The first kappa shape index (κ1) is 15.1. The van der Waals surface area contributed by atoms with Crippen molar-refractivity contribution in [3.8, 4) is 0 Å². The van der Waals surface area contributed by atoms with Crippen LogP contribution < -0.4 is 5.32 Å². The number of hydrogen-bond acceptors (Lipinski definition) is 4. The predicted octanol–water partition coefficient (Wildman–Crippen LogP) is 2.94. The topological polar surface area (TPSA) is 64.1 Å². The monoisotopic (exact) mass is 339 g/mol. The molecule has 3 aromatic rings. The molecule has 1 aliphatic heterocycles. The summed E-state index contributed by atoms with van der Waals surface area (Å²) in [6.45, 7) is 0.861. The van der Waals surface area contributed by atoms with Gasteiger partial charge in [0.1, 0.15) is 5.54 Å². The highest BCUT2D eigenvalue weighted by Gasteiger charge is 2.42. The van der Waals surface area contributed by atoms with Gasteiger partial charge < -0.3 is 10.1 Å². The molecular formula is C18H14ClN3O2. The molecule has 5 nitrogen and oxygen atoms in total. The number of aromatic nitrogens is 2. The number of fused-ring (bicyclic) bond motifs is 1. The van der Waals surface area contributed by atoms with Crippen molar-refractivity contribution in [3.05, 3.63) is 71.3 Å². The quantitative estimate of drug-likeness (QED) is 0.797. The molecule has 1 amide bonds. The minimum absolute atomic E-state index is 0.183. The van der Waals surface area contributed by atoms with Gasteiger partial charge in [0.15, 0.2) is 0 Å². The third kappa shape index (κ3) is 2.52. The molecule has 0 radical (unpaired) electrons. The molecule has 0 aliphatic carbocycles. The number of halogens is 1. The van der Waals surface area contributed by atoms with Gasteiger partial charge in [0.05, 0.1) is 18.8 Å². The Bertz CT molecular complexity index is 902. The summed E-state index contributed by atoms with van der Waals surface area (Å²) in [6.07, 6.45) is 6.63. The maximum Gasteiger partial charge on any atom is 0.254 e. The van der Waals surface area contributed by atoms with E-state index < -0.39 is 5.54 Å². The second-order valence-electron chi connectivity index (χ2n) is 5.82. The molecule has 1 N–H and O–H groups in total. The average molecular weight is 340 g/mol. The van der Waals surface area contributed by atoms with Crippen LogP contribution in [0.1, 0.15) is 15.9 Å². The summed E-state index contributed by atoms with van der Waals surface area (Å²) in [5.41, 5.74) is 0.966. The van der Waals surface area contributed by atoms with E-state index in [-0.39, 0.29) is 5.91 Å². The average Bonchev–Trinajstić information content (AvgIpc) is 2.58. The molecule has 3 heterocycles. The first-order valence-corrected chi connectivity index (χ1v) is 7.90. The van der Waals surface area contributed by atoms with E-state index in [1.54, 1.807) is 24.8 Å². The van der Waals surface area contributed by atoms with Crippen LogP contribution in [-0.2, 0) is 10.3 Å². The van der Waals surface area contributed by atoms with Crippen molar-refractivity contribution < 1.29 is 9.53 Å². The Morgan fingerprint density at radius 1 is 1.08 bits per heavy atom. The fourth-order valence-electron chi connectivity index (χ4n) is 2.87. The number of carbonyl (C=O) groups is 1. The van der Waals surface area contributed by atoms with Crippen LogP contribution in [0.25, 0.3) is 10.8 Å². The summed E-state index contributed by atoms with van der Waals surface area (Å²) < 4.78 is 5.37. The molecule has 6 heteroatoms. The normalized spacial score (nSPS) is 15.7. The third-order valence-electron chi connectivity index (χ3n) is 4.25. The fourth-order valence-corrected chi connectivity index (χ4v) is 2.99. The molecule has 2 aromatic heterocycles. The molecule has 0 spiro atoms. The van der Waals surface area contributed by atoms with Crippen LogP contribution in [0.2, 0.25) is 5.02 Å². The molecule has 0 saturated carbocycles.